The molecular weight excluding hydrogens is 462 g/mol. The normalized spacial score (nSPS) is 11.8. The number of ether oxygens (including phenoxy) is 3. The Balaban J connectivity index is 1.33. The van der Waals surface area contributed by atoms with Crippen LogP contribution in [0.3, 0.4) is 0 Å². The number of nitrogens with one attached hydrogen (secondary N) is 1. The first-order valence-electron chi connectivity index (χ1n) is 11.8. The summed E-state index contributed by atoms with van der Waals surface area (Å²) in [5.41, 5.74) is 3.13. The van der Waals surface area contributed by atoms with Crippen LogP contribution in [0, 0.1) is 0 Å². The molecule has 4 N–H and O–H groups in total. The second kappa shape index (κ2) is 14.2. The summed E-state index contributed by atoms with van der Waals surface area (Å²) in [7, 11) is 0. The highest BCUT2D eigenvalue weighted by Crippen LogP contribution is 2.24. The average molecular weight is 496 g/mol. The van der Waals surface area contributed by atoms with E-state index in [0.717, 1.165) is 23.3 Å². The van der Waals surface area contributed by atoms with Crippen LogP contribution < -0.4 is 14.8 Å². The van der Waals surface area contributed by atoms with E-state index >= 15 is 0 Å². The molecule has 0 radical (unpaired) electrons. The van der Waals surface area contributed by atoms with Gasteiger partial charge in [0.15, 0.2) is 0 Å². The Morgan fingerprint density at radius 2 is 1.81 bits per heavy atom. The number of phenols is 1. The van der Waals surface area contributed by atoms with Crippen molar-refractivity contribution in [2.45, 2.75) is 32.7 Å². The summed E-state index contributed by atoms with van der Waals surface area (Å²) in [5, 5.41) is 32.7. The number of aromatic hydroxyl groups is 1. The Morgan fingerprint density at radius 3 is 2.53 bits per heavy atom. The molecule has 192 valence electrons. The fourth-order valence-corrected chi connectivity index (χ4v) is 3.58. The van der Waals surface area contributed by atoms with Crippen LogP contribution in [0.2, 0.25) is 0 Å². The largest absolute Gasteiger partial charge is 0.508 e. The van der Waals surface area contributed by atoms with E-state index in [1.807, 2.05) is 30.3 Å². The molecular formula is C28H33NO7. The first-order chi connectivity index (χ1) is 17.4. The van der Waals surface area contributed by atoms with E-state index < -0.39 is 12.1 Å². The van der Waals surface area contributed by atoms with Crippen molar-refractivity contribution in [1.82, 2.24) is 5.32 Å². The lowest BCUT2D eigenvalue weighted by Crippen LogP contribution is -2.24. The summed E-state index contributed by atoms with van der Waals surface area (Å²) < 4.78 is 16.3. The molecule has 8 nitrogen and oxygen atoms in total. The number of phenolic OH excluding ortho intramolecular Hbond substituents is 1. The molecule has 36 heavy (non-hydrogen) atoms. The third-order valence-corrected chi connectivity index (χ3v) is 5.42. The maximum Gasteiger partial charge on any atom is 0.308 e. The average Bonchev–Trinajstić information content (AvgIpc) is 2.87. The Labute approximate surface area is 211 Å². The maximum atomic E-state index is 11.2. The van der Waals surface area contributed by atoms with Gasteiger partial charge in [-0.3, -0.25) is 4.79 Å². The first kappa shape index (κ1) is 27.2. The molecule has 0 spiro atoms. The monoisotopic (exact) mass is 495 g/mol. The second-order valence-electron chi connectivity index (χ2n) is 8.30. The molecule has 3 aromatic carbocycles. The number of carbonyl (C=O) groups excluding carboxylic acids is 1. The lowest BCUT2D eigenvalue weighted by molar-refractivity contribution is -0.131. The first-order valence-corrected chi connectivity index (χ1v) is 11.8. The number of hydrogen-bond acceptors (Lipinski definition) is 8. The molecule has 1 unspecified atom stereocenters. The molecule has 8 heteroatoms. The lowest BCUT2D eigenvalue weighted by Gasteiger charge is -2.15. The van der Waals surface area contributed by atoms with Crippen LogP contribution >= 0.6 is 0 Å². The van der Waals surface area contributed by atoms with Crippen molar-refractivity contribution < 1.29 is 34.3 Å². The lowest BCUT2D eigenvalue weighted by atomic mass is 10.0. The third-order valence-electron chi connectivity index (χ3n) is 5.42. The molecule has 1 atom stereocenters. The predicted octanol–water partition coefficient (Wildman–Crippen LogP) is 3.27. The molecule has 0 saturated carbocycles. The van der Waals surface area contributed by atoms with Gasteiger partial charge in [-0.2, -0.15) is 0 Å². The second-order valence-corrected chi connectivity index (χ2v) is 8.30. The molecule has 0 amide bonds. The number of aliphatic hydroxyl groups excluding tert-OH is 2. The third kappa shape index (κ3) is 8.98. The number of rotatable bonds is 14. The number of carbonyl (C=O) groups is 1. The van der Waals surface area contributed by atoms with E-state index in [-0.39, 0.29) is 12.4 Å². The number of esters is 1. The standard InChI is InChI=1S/C28H33NO7/c1-20(31)36-28-10-7-23(16-24(28)18-30)27(33)17-29-12-11-21-5-8-26(9-6-21)35-14-13-34-19-22-3-2-4-25(32)15-22/h2-10,15-16,27,29-30,32-33H,11-14,17-19H2,1H3. The Morgan fingerprint density at radius 1 is 1.00 bits per heavy atom. The summed E-state index contributed by atoms with van der Waals surface area (Å²) in [5.74, 6) is 0.819. The van der Waals surface area contributed by atoms with E-state index in [0.29, 0.717) is 49.8 Å². The highest BCUT2D eigenvalue weighted by atomic mass is 16.5. The van der Waals surface area contributed by atoms with Gasteiger partial charge in [0.2, 0.25) is 0 Å². The van der Waals surface area contributed by atoms with Crippen LogP contribution in [-0.2, 0) is 29.2 Å². The number of hydrogen-bond donors (Lipinski definition) is 4. The fraction of sp³-hybridized carbons (Fsp3) is 0.321. The van der Waals surface area contributed by atoms with E-state index in [2.05, 4.69) is 5.32 Å². The molecule has 0 aliphatic carbocycles. The molecule has 0 aromatic heterocycles. The van der Waals surface area contributed by atoms with Gasteiger partial charge in [0.1, 0.15) is 23.9 Å². The number of aliphatic hydroxyl groups is 2. The minimum atomic E-state index is -0.757. The van der Waals surface area contributed by atoms with Gasteiger partial charge in [0, 0.05) is 19.0 Å². The van der Waals surface area contributed by atoms with Gasteiger partial charge in [-0.1, -0.05) is 30.3 Å². The summed E-state index contributed by atoms with van der Waals surface area (Å²) in [6.45, 7) is 3.32. The molecule has 0 bridgehead atoms. The van der Waals surface area contributed by atoms with Crippen molar-refractivity contribution in [3.05, 3.63) is 89.0 Å². The van der Waals surface area contributed by atoms with Gasteiger partial charge in [-0.25, -0.2) is 0 Å². The Bertz CT molecular complexity index is 1100. The number of benzene rings is 3. The minimum Gasteiger partial charge on any atom is -0.508 e. The summed E-state index contributed by atoms with van der Waals surface area (Å²) in [4.78, 5) is 11.2. The topological polar surface area (TPSA) is 117 Å². The molecule has 3 rings (SSSR count). The van der Waals surface area contributed by atoms with Crippen molar-refractivity contribution in [2.75, 3.05) is 26.3 Å². The van der Waals surface area contributed by atoms with Crippen LogP contribution in [0.25, 0.3) is 0 Å². The zero-order chi connectivity index (χ0) is 25.8. The quantitative estimate of drug-likeness (QED) is 0.153. The van der Waals surface area contributed by atoms with E-state index in [4.69, 9.17) is 14.2 Å². The predicted molar refractivity (Wildman–Crippen MR) is 135 cm³/mol. The zero-order valence-corrected chi connectivity index (χ0v) is 20.4. The highest BCUT2D eigenvalue weighted by molar-refractivity contribution is 5.69. The highest BCUT2D eigenvalue weighted by Gasteiger charge is 2.12. The fourth-order valence-electron chi connectivity index (χ4n) is 3.58. The van der Waals surface area contributed by atoms with Gasteiger partial charge < -0.3 is 34.8 Å². The van der Waals surface area contributed by atoms with Gasteiger partial charge >= 0.3 is 5.97 Å². The summed E-state index contributed by atoms with van der Waals surface area (Å²) in [6.07, 6.45) is 0.0279. The van der Waals surface area contributed by atoms with Crippen molar-refractivity contribution in [1.29, 1.82) is 0 Å². The van der Waals surface area contributed by atoms with Crippen LogP contribution in [0.4, 0.5) is 0 Å². The van der Waals surface area contributed by atoms with Crippen LogP contribution in [0.15, 0.2) is 66.7 Å². The molecule has 0 saturated heterocycles. The van der Waals surface area contributed by atoms with Crippen LogP contribution in [-0.4, -0.2) is 47.6 Å². The summed E-state index contributed by atoms with van der Waals surface area (Å²) >= 11 is 0. The van der Waals surface area contributed by atoms with Crippen molar-refractivity contribution in [2.24, 2.45) is 0 Å². The summed E-state index contributed by atoms with van der Waals surface area (Å²) in [6, 6.07) is 19.7. The van der Waals surface area contributed by atoms with Gasteiger partial charge in [-0.05, 0) is 66.1 Å². The van der Waals surface area contributed by atoms with E-state index in [1.165, 1.54) is 6.92 Å². The van der Waals surface area contributed by atoms with E-state index in [9.17, 15) is 20.1 Å². The van der Waals surface area contributed by atoms with Crippen LogP contribution in [0.1, 0.15) is 35.3 Å². The van der Waals surface area contributed by atoms with Crippen LogP contribution in [0.5, 0.6) is 17.2 Å². The van der Waals surface area contributed by atoms with Crippen molar-refractivity contribution >= 4 is 5.97 Å². The van der Waals surface area contributed by atoms with Crippen molar-refractivity contribution in [3.8, 4) is 17.2 Å². The van der Waals surface area contributed by atoms with Crippen molar-refractivity contribution in [3.63, 3.8) is 0 Å². The Hall–Kier alpha value is -3.43. The zero-order valence-electron chi connectivity index (χ0n) is 20.4. The smallest absolute Gasteiger partial charge is 0.308 e. The van der Waals surface area contributed by atoms with E-state index in [1.54, 1.807) is 36.4 Å². The van der Waals surface area contributed by atoms with Gasteiger partial charge in [-0.15, -0.1) is 0 Å². The van der Waals surface area contributed by atoms with Gasteiger partial charge in [0.25, 0.3) is 0 Å². The molecule has 0 fully saturated rings. The molecule has 3 aromatic rings. The SMILES string of the molecule is CC(=O)Oc1ccc(C(O)CNCCc2ccc(OCCOCc3cccc(O)c3)cc2)cc1CO. The minimum absolute atomic E-state index is 0.225. The maximum absolute atomic E-state index is 11.2. The Kier molecular flexibility index (Phi) is 10.7. The molecule has 0 aliphatic heterocycles. The molecule has 0 heterocycles. The van der Waals surface area contributed by atoms with Gasteiger partial charge in [0.05, 0.1) is 25.9 Å². The molecule has 0 aliphatic rings.